The van der Waals surface area contributed by atoms with Crippen LogP contribution < -0.4 is 5.32 Å². The number of nitrogens with one attached hydrogen (secondary N) is 1. The molecule has 0 aliphatic heterocycles. The normalized spacial score (nSPS) is 18.3. The second kappa shape index (κ2) is 6.59. The van der Waals surface area contributed by atoms with Crippen LogP contribution in [0.25, 0.3) is 0 Å². The first kappa shape index (κ1) is 14.0. The van der Waals surface area contributed by atoms with Gasteiger partial charge in [0.05, 0.1) is 0 Å². The van der Waals surface area contributed by atoms with E-state index in [9.17, 15) is 9.59 Å². The maximum Gasteiger partial charge on any atom is 0.320 e. The van der Waals surface area contributed by atoms with E-state index in [0.717, 1.165) is 12.8 Å². The third-order valence-electron chi connectivity index (χ3n) is 3.43. The minimum atomic E-state index is -0.858. The minimum absolute atomic E-state index is 0.0290. The van der Waals surface area contributed by atoms with E-state index < -0.39 is 12.0 Å². The molecule has 1 saturated carbocycles. The summed E-state index contributed by atoms with van der Waals surface area (Å²) in [4.78, 5) is 24.0. The van der Waals surface area contributed by atoms with Crippen molar-refractivity contribution in [1.82, 2.24) is 10.2 Å². The molecule has 1 aliphatic carbocycles. The number of carboxylic acids is 1. The number of aliphatic carboxylic acids is 1. The van der Waals surface area contributed by atoms with E-state index in [4.69, 9.17) is 5.11 Å². The molecule has 0 heterocycles. The Morgan fingerprint density at radius 3 is 2.53 bits per heavy atom. The smallest absolute Gasteiger partial charge is 0.320 e. The van der Waals surface area contributed by atoms with Crippen LogP contribution in [0, 0.1) is 0 Å². The Morgan fingerprint density at radius 2 is 2.00 bits per heavy atom. The van der Waals surface area contributed by atoms with Crippen molar-refractivity contribution < 1.29 is 14.7 Å². The second-order valence-electron chi connectivity index (χ2n) is 4.79. The first-order valence-corrected chi connectivity index (χ1v) is 6.23. The molecule has 1 amide bonds. The fourth-order valence-electron chi connectivity index (χ4n) is 2.03. The molecule has 1 atom stereocenters. The van der Waals surface area contributed by atoms with E-state index >= 15 is 0 Å². The summed E-state index contributed by atoms with van der Waals surface area (Å²) in [6.07, 6.45) is 4.91. The maximum absolute atomic E-state index is 11.6. The Labute approximate surface area is 102 Å². The molecule has 5 nitrogen and oxygen atoms in total. The zero-order chi connectivity index (χ0) is 12.8. The molecule has 2 N–H and O–H groups in total. The zero-order valence-electron chi connectivity index (χ0n) is 10.6. The largest absolute Gasteiger partial charge is 0.480 e. The van der Waals surface area contributed by atoms with Crippen LogP contribution in [-0.2, 0) is 9.59 Å². The molecule has 98 valence electrons. The lowest BCUT2D eigenvalue weighted by Gasteiger charge is -2.21. The van der Waals surface area contributed by atoms with Crippen LogP contribution in [0.1, 0.15) is 39.0 Å². The van der Waals surface area contributed by atoms with Crippen molar-refractivity contribution in [3.63, 3.8) is 0 Å². The Bertz CT molecular complexity index is 275. The monoisotopic (exact) mass is 242 g/mol. The summed E-state index contributed by atoms with van der Waals surface area (Å²) in [5.41, 5.74) is 0. The van der Waals surface area contributed by atoms with Crippen LogP contribution >= 0.6 is 0 Å². The lowest BCUT2D eigenvalue weighted by Crippen LogP contribution is -2.39. The lowest BCUT2D eigenvalue weighted by molar-refractivity contribution is -0.142. The average Bonchev–Trinajstić information content (AvgIpc) is 2.77. The third-order valence-corrected chi connectivity index (χ3v) is 3.43. The van der Waals surface area contributed by atoms with E-state index in [0.29, 0.717) is 19.0 Å². The summed E-state index contributed by atoms with van der Waals surface area (Å²) in [5.74, 6) is -0.829. The SMILES string of the molecule is CC(C(=O)O)N(C)CCC(=O)NC1CCCC1. The molecule has 1 unspecified atom stereocenters. The van der Waals surface area contributed by atoms with Gasteiger partial charge in [-0.1, -0.05) is 12.8 Å². The number of amides is 1. The molecule has 17 heavy (non-hydrogen) atoms. The standard InChI is InChI=1S/C12H22N2O3/c1-9(12(16)17)14(2)8-7-11(15)13-10-5-3-4-6-10/h9-10H,3-8H2,1-2H3,(H,13,15)(H,16,17). The molecule has 1 rings (SSSR count). The summed E-state index contributed by atoms with van der Waals surface area (Å²) in [7, 11) is 1.72. The van der Waals surface area contributed by atoms with Crippen LogP contribution in [0.4, 0.5) is 0 Å². The number of hydrogen-bond acceptors (Lipinski definition) is 3. The Morgan fingerprint density at radius 1 is 1.41 bits per heavy atom. The molecule has 0 aromatic carbocycles. The van der Waals surface area contributed by atoms with Crippen LogP contribution in [0.3, 0.4) is 0 Å². The predicted molar refractivity (Wildman–Crippen MR) is 64.7 cm³/mol. The molecule has 0 aromatic heterocycles. The maximum atomic E-state index is 11.6. The van der Waals surface area contributed by atoms with Crippen LogP contribution in [-0.4, -0.2) is 47.6 Å². The lowest BCUT2D eigenvalue weighted by atomic mass is 10.2. The van der Waals surface area contributed by atoms with Gasteiger partial charge in [-0.25, -0.2) is 0 Å². The van der Waals surface area contributed by atoms with Gasteiger partial charge in [0.15, 0.2) is 0 Å². The zero-order valence-corrected chi connectivity index (χ0v) is 10.6. The van der Waals surface area contributed by atoms with Crippen LogP contribution in [0.15, 0.2) is 0 Å². The molecule has 1 aliphatic rings. The number of carbonyl (C=O) groups is 2. The Kier molecular flexibility index (Phi) is 5.41. The molecular weight excluding hydrogens is 220 g/mol. The minimum Gasteiger partial charge on any atom is -0.480 e. The van der Waals surface area contributed by atoms with E-state index in [1.54, 1.807) is 18.9 Å². The molecular formula is C12H22N2O3. The fraction of sp³-hybridized carbons (Fsp3) is 0.833. The third kappa shape index (κ3) is 4.73. The topological polar surface area (TPSA) is 69.6 Å². The summed E-state index contributed by atoms with van der Waals surface area (Å²) >= 11 is 0. The molecule has 5 heteroatoms. The number of hydrogen-bond donors (Lipinski definition) is 2. The van der Waals surface area contributed by atoms with Gasteiger partial charge in [-0.2, -0.15) is 0 Å². The van der Waals surface area contributed by atoms with E-state index in [1.807, 2.05) is 0 Å². The van der Waals surface area contributed by atoms with E-state index in [1.165, 1.54) is 12.8 Å². The Hall–Kier alpha value is -1.10. The van der Waals surface area contributed by atoms with Crippen LogP contribution in [0.5, 0.6) is 0 Å². The summed E-state index contributed by atoms with van der Waals surface area (Å²) < 4.78 is 0. The molecule has 0 saturated heterocycles. The van der Waals surface area contributed by atoms with Crippen molar-refractivity contribution in [2.75, 3.05) is 13.6 Å². The van der Waals surface area contributed by atoms with Gasteiger partial charge in [0.25, 0.3) is 0 Å². The predicted octanol–water partition coefficient (Wildman–Crippen LogP) is 0.840. The molecule has 0 radical (unpaired) electrons. The van der Waals surface area contributed by atoms with E-state index in [-0.39, 0.29) is 5.91 Å². The van der Waals surface area contributed by atoms with Crippen LogP contribution in [0.2, 0.25) is 0 Å². The number of nitrogens with zero attached hydrogens (tertiary/aromatic N) is 1. The highest BCUT2D eigenvalue weighted by atomic mass is 16.4. The van der Waals surface area contributed by atoms with Gasteiger partial charge in [0, 0.05) is 19.0 Å². The highest BCUT2D eigenvalue weighted by Gasteiger charge is 2.19. The van der Waals surface area contributed by atoms with Gasteiger partial charge in [0.2, 0.25) is 5.91 Å². The fourth-order valence-corrected chi connectivity index (χ4v) is 2.03. The molecule has 0 aromatic rings. The van der Waals surface area contributed by atoms with Crippen molar-refractivity contribution in [2.24, 2.45) is 0 Å². The summed E-state index contributed by atoms with van der Waals surface area (Å²) in [6, 6.07) is -0.209. The van der Waals surface area contributed by atoms with Crippen molar-refractivity contribution in [3.05, 3.63) is 0 Å². The first-order chi connectivity index (χ1) is 8.00. The average molecular weight is 242 g/mol. The van der Waals surface area contributed by atoms with E-state index in [2.05, 4.69) is 5.32 Å². The van der Waals surface area contributed by atoms with Gasteiger partial charge in [0.1, 0.15) is 6.04 Å². The van der Waals surface area contributed by atoms with Crippen molar-refractivity contribution in [3.8, 4) is 0 Å². The van der Waals surface area contributed by atoms with Gasteiger partial charge in [-0.05, 0) is 26.8 Å². The van der Waals surface area contributed by atoms with Gasteiger partial charge >= 0.3 is 5.97 Å². The van der Waals surface area contributed by atoms with Gasteiger partial charge < -0.3 is 10.4 Å². The summed E-state index contributed by atoms with van der Waals surface area (Å²) in [5, 5.41) is 11.8. The molecule has 1 fully saturated rings. The summed E-state index contributed by atoms with van der Waals surface area (Å²) in [6.45, 7) is 2.10. The van der Waals surface area contributed by atoms with Gasteiger partial charge in [-0.3, -0.25) is 14.5 Å². The van der Waals surface area contributed by atoms with Crippen molar-refractivity contribution >= 4 is 11.9 Å². The van der Waals surface area contributed by atoms with Crippen molar-refractivity contribution in [2.45, 2.75) is 51.1 Å². The highest BCUT2D eigenvalue weighted by Crippen LogP contribution is 2.17. The quantitative estimate of drug-likeness (QED) is 0.724. The number of rotatable bonds is 6. The first-order valence-electron chi connectivity index (χ1n) is 6.23. The molecule has 0 bridgehead atoms. The second-order valence-corrected chi connectivity index (χ2v) is 4.79. The Balaban J connectivity index is 2.20. The van der Waals surface area contributed by atoms with Gasteiger partial charge in [-0.15, -0.1) is 0 Å². The highest BCUT2D eigenvalue weighted by molar-refractivity contribution is 5.76. The number of likely N-dealkylation sites (N-methyl/N-ethyl adjacent to an activating group) is 1. The number of carboxylic acid groups (broad SMARTS) is 1. The molecule has 0 spiro atoms. The van der Waals surface area contributed by atoms with Crippen molar-refractivity contribution in [1.29, 1.82) is 0 Å². The number of carbonyl (C=O) groups excluding carboxylic acids is 1.